The first-order valence-electron chi connectivity index (χ1n) is 9.06. The summed E-state index contributed by atoms with van der Waals surface area (Å²) in [6, 6.07) is 5.30. The third-order valence-electron chi connectivity index (χ3n) is 4.86. The van der Waals surface area contributed by atoms with E-state index < -0.39 is 27.1 Å². The zero-order valence-corrected chi connectivity index (χ0v) is 18.5. The number of hydrogen-bond acceptors (Lipinski definition) is 5. The summed E-state index contributed by atoms with van der Waals surface area (Å²) >= 11 is 0. The number of aromatic nitrogens is 1. The van der Waals surface area contributed by atoms with Gasteiger partial charge in [0.1, 0.15) is 11.4 Å². The second-order valence-electron chi connectivity index (χ2n) is 9.35. The smallest absolute Gasteiger partial charge is 0.490 e. The van der Waals surface area contributed by atoms with Crippen molar-refractivity contribution in [2.75, 3.05) is 0 Å². The van der Waals surface area contributed by atoms with Gasteiger partial charge in [-0.3, -0.25) is 4.57 Å². The standard InChI is InChI=1S/C19H30BNO5Si/c1-18(2,3)25-17(22)21-12-15(20(23)24)14-10-9-13(11-16(14)21)26-27(7,8)19(4,5)6/h9-12,23-24H,1-8H3. The van der Waals surface area contributed by atoms with Crippen molar-refractivity contribution in [2.24, 2.45) is 0 Å². The van der Waals surface area contributed by atoms with Gasteiger partial charge in [-0.1, -0.05) is 20.8 Å². The molecule has 6 nitrogen and oxygen atoms in total. The van der Waals surface area contributed by atoms with Crippen LogP contribution in [0.25, 0.3) is 10.9 Å². The minimum absolute atomic E-state index is 0.0293. The molecular weight excluding hydrogens is 361 g/mol. The monoisotopic (exact) mass is 391 g/mol. The highest BCUT2D eigenvalue weighted by atomic mass is 28.4. The number of benzene rings is 1. The molecule has 0 saturated heterocycles. The Morgan fingerprint density at radius 3 is 2.19 bits per heavy atom. The summed E-state index contributed by atoms with van der Waals surface area (Å²) in [5.74, 6) is 0.649. The fourth-order valence-corrected chi connectivity index (χ4v) is 3.43. The number of carbonyl (C=O) groups excluding carboxylic acids is 1. The first-order chi connectivity index (χ1) is 12.1. The van der Waals surface area contributed by atoms with Crippen molar-refractivity contribution < 1.29 is 24.0 Å². The fourth-order valence-electron chi connectivity index (χ4n) is 2.41. The molecule has 0 spiro atoms. The Hall–Kier alpha value is -1.77. The lowest BCUT2D eigenvalue weighted by molar-refractivity contribution is 0.0544. The van der Waals surface area contributed by atoms with E-state index in [2.05, 4.69) is 33.9 Å². The van der Waals surface area contributed by atoms with E-state index in [-0.39, 0.29) is 10.5 Å². The SMILES string of the molecule is CC(C)(C)OC(=O)n1cc(B(O)O)c2ccc(O[Si](C)(C)C(C)(C)C)cc21. The van der Waals surface area contributed by atoms with Gasteiger partial charge in [0.2, 0.25) is 8.32 Å². The molecule has 0 amide bonds. The maximum atomic E-state index is 12.6. The van der Waals surface area contributed by atoms with Crippen LogP contribution in [-0.4, -0.2) is 41.7 Å². The molecule has 0 aliphatic heterocycles. The molecule has 0 bridgehead atoms. The van der Waals surface area contributed by atoms with E-state index in [4.69, 9.17) is 9.16 Å². The quantitative estimate of drug-likeness (QED) is 0.783. The maximum Gasteiger partial charge on any atom is 0.490 e. The van der Waals surface area contributed by atoms with Gasteiger partial charge in [-0.2, -0.15) is 0 Å². The van der Waals surface area contributed by atoms with Crippen LogP contribution < -0.4 is 9.89 Å². The van der Waals surface area contributed by atoms with Gasteiger partial charge in [0.05, 0.1) is 5.52 Å². The largest absolute Gasteiger partial charge is 0.543 e. The summed E-state index contributed by atoms with van der Waals surface area (Å²) in [6.07, 6.45) is 0.823. The molecule has 0 unspecified atom stereocenters. The summed E-state index contributed by atoms with van der Waals surface area (Å²) < 4.78 is 13.1. The van der Waals surface area contributed by atoms with Crippen molar-refractivity contribution in [3.63, 3.8) is 0 Å². The number of fused-ring (bicyclic) bond motifs is 1. The van der Waals surface area contributed by atoms with Crippen molar-refractivity contribution in [1.29, 1.82) is 0 Å². The van der Waals surface area contributed by atoms with Gasteiger partial charge in [-0.25, -0.2) is 4.79 Å². The average Bonchev–Trinajstić information content (AvgIpc) is 2.82. The van der Waals surface area contributed by atoms with Gasteiger partial charge >= 0.3 is 13.2 Å². The van der Waals surface area contributed by atoms with E-state index in [1.165, 1.54) is 10.8 Å². The van der Waals surface area contributed by atoms with Crippen LogP contribution in [-0.2, 0) is 4.74 Å². The lowest BCUT2D eigenvalue weighted by Crippen LogP contribution is -2.43. The Balaban J connectivity index is 2.55. The van der Waals surface area contributed by atoms with Crippen LogP contribution in [0.2, 0.25) is 18.1 Å². The first-order valence-corrected chi connectivity index (χ1v) is 12.0. The second kappa shape index (κ2) is 7.00. The summed E-state index contributed by atoms with van der Waals surface area (Å²) in [7, 11) is -3.75. The van der Waals surface area contributed by atoms with Crippen LogP contribution in [0.1, 0.15) is 41.5 Å². The molecule has 1 heterocycles. The molecule has 0 saturated carbocycles. The van der Waals surface area contributed by atoms with Crippen molar-refractivity contribution in [2.45, 2.75) is 65.3 Å². The average molecular weight is 391 g/mol. The van der Waals surface area contributed by atoms with E-state index in [1.807, 2.05) is 0 Å². The van der Waals surface area contributed by atoms with E-state index in [0.717, 1.165) is 0 Å². The highest BCUT2D eigenvalue weighted by Crippen LogP contribution is 2.38. The molecule has 2 aromatic rings. The van der Waals surface area contributed by atoms with Crippen molar-refractivity contribution >= 4 is 37.9 Å². The molecule has 2 N–H and O–H groups in total. The Morgan fingerprint density at radius 1 is 1.11 bits per heavy atom. The minimum Gasteiger partial charge on any atom is -0.543 e. The highest BCUT2D eigenvalue weighted by molar-refractivity contribution is 6.74. The Kier molecular flexibility index (Phi) is 5.58. The van der Waals surface area contributed by atoms with Crippen LogP contribution >= 0.6 is 0 Å². The predicted molar refractivity (Wildman–Crippen MR) is 111 cm³/mol. The molecule has 148 valence electrons. The maximum absolute atomic E-state index is 12.6. The fraction of sp³-hybridized carbons (Fsp3) is 0.526. The van der Waals surface area contributed by atoms with Gasteiger partial charge < -0.3 is 19.2 Å². The van der Waals surface area contributed by atoms with E-state index in [1.54, 1.807) is 39.0 Å². The topological polar surface area (TPSA) is 80.9 Å². The summed E-state index contributed by atoms with van der Waals surface area (Å²) in [5.41, 5.74) is 0.0966. The Bertz CT molecular complexity index is 846. The molecule has 1 aromatic carbocycles. The number of carbonyl (C=O) groups is 1. The van der Waals surface area contributed by atoms with Gasteiger partial charge in [-0.05, 0) is 51.0 Å². The number of hydrogen-bond donors (Lipinski definition) is 2. The van der Waals surface area contributed by atoms with Crippen LogP contribution in [0.4, 0.5) is 4.79 Å². The third kappa shape index (κ3) is 4.75. The molecule has 8 heteroatoms. The van der Waals surface area contributed by atoms with Crippen LogP contribution in [0.5, 0.6) is 5.75 Å². The van der Waals surface area contributed by atoms with Crippen LogP contribution in [0.3, 0.4) is 0 Å². The van der Waals surface area contributed by atoms with Gasteiger partial charge in [-0.15, -0.1) is 0 Å². The van der Waals surface area contributed by atoms with Gasteiger partial charge in [0.15, 0.2) is 0 Å². The summed E-state index contributed by atoms with van der Waals surface area (Å²) in [4.78, 5) is 12.6. The Labute approximate surface area is 162 Å². The van der Waals surface area contributed by atoms with Crippen molar-refractivity contribution in [3.8, 4) is 5.75 Å². The Morgan fingerprint density at radius 2 is 1.70 bits per heavy atom. The molecule has 0 aliphatic rings. The van der Waals surface area contributed by atoms with Crippen LogP contribution in [0, 0.1) is 0 Å². The lowest BCUT2D eigenvalue weighted by Gasteiger charge is -2.36. The summed E-state index contributed by atoms with van der Waals surface area (Å²) in [6.45, 7) is 16.1. The second-order valence-corrected chi connectivity index (χ2v) is 14.1. The zero-order valence-electron chi connectivity index (χ0n) is 17.5. The molecule has 2 rings (SSSR count). The van der Waals surface area contributed by atoms with Crippen LogP contribution in [0.15, 0.2) is 24.4 Å². The molecule has 0 radical (unpaired) electrons. The van der Waals surface area contributed by atoms with Crippen molar-refractivity contribution in [1.82, 2.24) is 4.57 Å². The molecule has 1 aromatic heterocycles. The number of ether oxygens (including phenoxy) is 1. The normalized spacial score (nSPS) is 13.0. The lowest BCUT2D eigenvalue weighted by atomic mass is 9.80. The number of nitrogens with zero attached hydrogens (tertiary/aromatic N) is 1. The molecule has 0 aliphatic carbocycles. The van der Waals surface area contributed by atoms with Crippen molar-refractivity contribution in [3.05, 3.63) is 24.4 Å². The molecule has 27 heavy (non-hydrogen) atoms. The predicted octanol–water partition coefficient (Wildman–Crippen LogP) is 3.49. The van der Waals surface area contributed by atoms with E-state index in [9.17, 15) is 14.8 Å². The van der Waals surface area contributed by atoms with E-state index in [0.29, 0.717) is 16.7 Å². The third-order valence-corrected chi connectivity index (χ3v) is 9.21. The highest BCUT2D eigenvalue weighted by Gasteiger charge is 2.39. The summed E-state index contributed by atoms with van der Waals surface area (Å²) in [5, 5.41) is 20.0. The minimum atomic E-state index is -2.06. The van der Waals surface area contributed by atoms with Gasteiger partial charge in [0, 0.05) is 23.1 Å². The molecular formula is C19H30BNO5Si. The van der Waals surface area contributed by atoms with Gasteiger partial charge in [0.25, 0.3) is 0 Å². The zero-order chi connectivity index (χ0) is 20.8. The number of rotatable bonds is 3. The first kappa shape index (κ1) is 21.5. The molecule has 0 fully saturated rings. The van der Waals surface area contributed by atoms with E-state index >= 15 is 0 Å². The molecule has 0 atom stereocenters.